The van der Waals surface area contributed by atoms with Crippen molar-refractivity contribution < 1.29 is 63.2 Å². The second-order valence-electron chi connectivity index (χ2n) is 18.3. The van der Waals surface area contributed by atoms with E-state index in [1.807, 2.05) is 46.6 Å². The normalized spacial score (nSPS) is 46.5. The van der Waals surface area contributed by atoms with Crippen molar-refractivity contribution in [3.8, 4) is 12.3 Å². The lowest BCUT2D eigenvalue weighted by Crippen LogP contribution is -2.62. The Balaban J connectivity index is 1.95. The van der Waals surface area contributed by atoms with Crippen molar-refractivity contribution >= 4 is 11.7 Å². The molecule has 0 aromatic rings. The minimum absolute atomic E-state index is 0.0170. The molecule has 0 amide bonds. The summed E-state index contributed by atoms with van der Waals surface area (Å²) >= 11 is 0. The summed E-state index contributed by atoms with van der Waals surface area (Å²) in [6.45, 7) is 22.8. The van der Waals surface area contributed by atoms with Gasteiger partial charge in [0.05, 0.1) is 66.6 Å². The van der Waals surface area contributed by atoms with Crippen LogP contribution in [-0.4, -0.2) is 155 Å². The minimum atomic E-state index is -1.76. The van der Waals surface area contributed by atoms with Crippen molar-refractivity contribution in [3.05, 3.63) is 12.2 Å². The molecule has 4 aliphatic heterocycles. The predicted molar refractivity (Wildman–Crippen MR) is 219 cm³/mol. The third-order valence-electron chi connectivity index (χ3n) is 13.5. The van der Waals surface area contributed by atoms with E-state index < -0.39 is 102 Å². The number of terminal acetylenes is 1. The van der Waals surface area contributed by atoms with Gasteiger partial charge >= 0.3 is 5.97 Å². The van der Waals surface area contributed by atoms with Crippen LogP contribution < -0.4 is 0 Å². The Morgan fingerprint density at radius 1 is 1.03 bits per heavy atom. The Bertz CT molecular complexity index is 1490. The Labute approximate surface area is 352 Å². The molecule has 338 valence electrons. The van der Waals surface area contributed by atoms with E-state index >= 15 is 0 Å². The standard InChI is InChI=1S/C44H74N2O13/c1-15-17-18-46(13)31-19-26(5)55-41(35(31)47)59-38-28(7)36(58-33-21-42(10,52-14)37(48)30(9)56-33)29(8)40(49)57-32(16-2)44(12,50)39-27(6)34(45-51)25(4)20-43(38,11)54-23-24(3)22-53-39/h1,25-33,35-39,41,47-48,50-51H,3,16-23H2,2,4-14H3/b45-34+/t25-,26-,27+,28+,29-,30+,31+,32-,33?,35-,36+,37+,38-,39-,41?,42-,43-,44-/m1/s1. The van der Waals surface area contributed by atoms with Gasteiger partial charge < -0.3 is 58.4 Å². The van der Waals surface area contributed by atoms with Crippen LogP contribution >= 0.6 is 0 Å². The molecule has 4 saturated heterocycles. The Morgan fingerprint density at radius 2 is 1.71 bits per heavy atom. The highest BCUT2D eigenvalue weighted by atomic mass is 16.7. The fourth-order valence-corrected chi connectivity index (χ4v) is 9.87. The number of aliphatic hydroxyl groups is 3. The smallest absolute Gasteiger partial charge is 0.311 e. The number of ether oxygens (including phenoxy) is 8. The molecule has 2 bridgehead atoms. The van der Waals surface area contributed by atoms with Gasteiger partial charge in [-0.05, 0) is 73.4 Å². The first-order chi connectivity index (χ1) is 27.6. The van der Waals surface area contributed by atoms with Crippen LogP contribution in [0.25, 0.3) is 0 Å². The molecule has 4 N–H and O–H groups in total. The largest absolute Gasteiger partial charge is 0.459 e. The molecule has 18 atom stereocenters. The van der Waals surface area contributed by atoms with Crippen molar-refractivity contribution in [1.82, 2.24) is 4.90 Å². The van der Waals surface area contributed by atoms with Crippen molar-refractivity contribution in [2.45, 2.75) is 186 Å². The van der Waals surface area contributed by atoms with Gasteiger partial charge in [0.25, 0.3) is 0 Å². The Kier molecular flexibility index (Phi) is 17.0. The number of methoxy groups -OCH3 is 1. The van der Waals surface area contributed by atoms with Crippen LogP contribution in [0.1, 0.15) is 101 Å². The zero-order valence-electron chi connectivity index (χ0n) is 37.5. The van der Waals surface area contributed by atoms with Crippen LogP contribution in [0.4, 0.5) is 0 Å². The Morgan fingerprint density at radius 3 is 2.32 bits per heavy atom. The summed E-state index contributed by atoms with van der Waals surface area (Å²) in [5, 5.41) is 49.9. The van der Waals surface area contributed by atoms with Crippen molar-refractivity contribution in [1.29, 1.82) is 0 Å². The molecule has 4 rings (SSSR count). The summed E-state index contributed by atoms with van der Waals surface area (Å²) in [6, 6.07) is -0.357. The highest BCUT2D eigenvalue weighted by Gasteiger charge is 2.55. The molecule has 0 aromatic carbocycles. The van der Waals surface area contributed by atoms with Crippen LogP contribution in [0.5, 0.6) is 0 Å². The number of esters is 1. The molecule has 4 aliphatic rings. The fourth-order valence-electron chi connectivity index (χ4n) is 9.87. The minimum Gasteiger partial charge on any atom is -0.459 e. The molecule has 0 aromatic heterocycles. The number of hydrogen-bond acceptors (Lipinski definition) is 15. The summed E-state index contributed by atoms with van der Waals surface area (Å²) in [6.07, 6.45) is -2.04. The highest BCUT2D eigenvalue weighted by Crippen LogP contribution is 2.43. The second-order valence-corrected chi connectivity index (χ2v) is 18.3. The third-order valence-corrected chi connectivity index (χ3v) is 13.5. The molecule has 15 nitrogen and oxygen atoms in total. The summed E-state index contributed by atoms with van der Waals surface area (Å²) in [4.78, 5) is 16.6. The number of oxime groups is 1. The van der Waals surface area contributed by atoms with Gasteiger partial charge in [0.2, 0.25) is 0 Å². The molecule has 4 heterocycles. The number of likely N-dealkylation sites (N-methyl/N-ethyl adjacent to an activating group) is 1. The van der Waals surface area contributed by atoms with Crippen molar-refractivity contribution in [2.24, 2.45) is 28.8 Å². The number of fused-ring (bicyclic) bond motifs is 5. The predicted octanol–water partition coefficient (Wildman–Crippen LogP) is 4.06. The molecule has 15 heteroatoms. The van der Waals surface area contributed by atoms with Gasteiger partial charge in [0.1, 0.15) is 23.9 Å². The van der Waals surface area contributed by atoms with Crippen LogP contribution in [0.15, 0.2) is 17.3 Å². The van der Waals surface area contributed by atoms with Gasteiger partial charge in [-0.25, -0.2) is 0 Å². The maximum atomic E-state index is 14.6. The molecule has 0 radical (unpaired) electrons. The quantitative estimate of drug-likeness (QED) is 0.0857. The number of carbonyl (C=O) groups is 1. The first kappa shape index (κ1) is 49.5. The maximum absolute atomic E-state index is 14.6. The van der Waals surface area contributed by atoms with Crippen LogP contribution in [0, 0.1) is 36.0 Å². The van der Waals surface area contributed by atoms with Crippen LogP contribution in [0.2, 0.25) is 0 Å². The first-order valence-electron chi connectivity index (χ1n) is 21.3. The number of hydrogen-bond donors (Lipinski definition) is 4. The molecule has 2 unspecified atom stereocenters. The van der Waals surface area contributed by atoms with E-state index in [2.05, 4.69) is 17.7 Å². The van der Waals surface area contributed by atoms with E-state index in [1.54, 1.807) is 34.6 Å². The highest BCUT2D eigenvalue weighted by molar-refractivity contribution is 5.88. The first-order valence-corrected chi connectivity index (χ1v) is 21.3. The van der Waals surface area contributed by atoms with Gasteiger partial charge in [0.15, 0.2) is 12.6 Å². The monoisotopic (exact) mass is 839 g/mol. The van der Waals surface area contributed by atoms with Crippen LogP contribution in [-0.2, 0) is 42.7 Å². The lowest BCUT2D eigenvalue weighted by atomic mass is 9.73. The summed E-state index contributed by atoms with van der Waals surface area (Å²) in [5.74, 6) is -0.863. The molecular weight excluding hydrogens is 764 g/mol. The molecule has 4 fully saturated rings. The molecular formula is C44H74N2O13. The lowest BCUT2D eigenvalue weighted by Gasteiger charge is -2.50. The van der Waals surface area contributed by atoms with Gasteiger partial charge in [-0.3, -0.25) is 9.69 Å². The summed E-state index contributed by atoms with van der Waals surface area (Å²) in [7, 11) is 3.43. The van der Waals surface area contributed by atoms with Crippen molar-refractivity contribution in [2.75, 3.05) is 33.9 Å². The lowest BCUT2D eigenvalue weighted by molar-refractivity contribution is -0.320. The zero-order valence-corrected chi connectivity index (χ0v) is 37.5. The Hall–Kier alpha value is -2.20. The number of cyclic esters (lactones) is 1. The topological polar surface area (TPSA) is 187 Å². The maximum Gasteiger partial charge on any atom is 0.311 e. The summed E-state index contributed by atoms with van der Waals surface area (Å²) in [5.41, 5.74) is -3.17. The van der Waals surface area contributed by atoms with E-state index in [0.717, 1.165) is 0 Å². The molecule has 59 heavy (non-hydrogen) atoms. The number of aliphatic hydroxyl groups excluding tert-OH is 2. The number of nitrogens with zero attached hydrogens (tertiary/aromatic N) is 2. The zero-order chi connectivity index (χ0) is 44.2. The van der Waals surface area contributed by atoms with E-state index in [-0.39, 0.29) is 44.6 Å². The third kappa shape index (κ3) is 10.9. The second kappa shape index (κ2) is 20.3. The van der Waals surface area contributed by atoms with E-state index in [4.69, 9.17) is 44.3 Å². The molecule has 0 aliphatic carbocycles. The molecule has 0 spiro atoms. The fraction of sp³-hybridized carbons (Fsp3) is 0.864. The van der Waals surface area contributed by atoms with E-state index in [9.17, 15) is 25.3 Å². The van der Waals surface area contributed by atoms with E-state index in [1.165, 1.54) is 7.11 Å². The summed E-state index contributed by atoms with van der Waals surface area (Å²) < 4.78 is 52.0. The van der Waals surface area contributed by atoms with Crippen molar-refractivity contribution in [3.63, 3.8) is 0 Å². The van der Waals surface area contributed by atoms with E-state index in [0.29, 0.717) is 30.7 Å². The average molecular weight is 839 g/mol. The van der Waals surface area contributed by atoms with Gasteiger partial charge in [0, 0.05) is 50.3 Å². The number of carbonyl (C=O) groups excluding carboxylic acids is 1. The van der Waals surface area contributed by atoms with Gasteiger partial charge in [-0.15, -0.1) is 12.3 Å². The molecule has 0 saturated carbocycles. The average Bonchev–Trinajstić information content (AvgIpc) is 3.19. The SMILES string of the molecule is C#CCCN(C)[C@H]1C[C@@H](C)OC(O[C@@H]2[C@@H](C)[C@H](OC3C[C@@](C)(OC)[C@@H](O)[C@H](C)O3)[C@@H](C)C(=O)O[C@H](CC)[C@@](C)(O)[C@@H]3OCC(=C)CO[C@]2(C)C[C@@H](C)/C(=N\O)[C@@H]3C)[C@@H]1O. The number of rotatable bonds is 9. The van der Waals surface area contributed by atoms with Gasteiger partial charge in [-0.1, -0.05) is 39.4 Å². The van der Waals surface area contributed by atoms with Gasteiger partial charge in [-0.2, -0.15) is 0 Å². The van der Waals surface area contributed by atoms with Crippen LogP contribution in [0.3, 0.4) is 0 Å².